The summed E-state index contributed by atoms with van der Waals surface area (Å²) >= 11 is 3.42. The first-order chi connectivity index (χ1) is 8.56. The van der Waals surface area contributed by atoms with Gasteiger partial charge < -0.3 is 10.0 Å². The highest BCUT2D eigenvalue weighted by Gasteiger charge is 2.22. The van der Waals surface area contributed by atoms with Crippen LogP contribution in [0.15, 0.2) is 22.7 Å². The van der Waals surface area contributed by atoms with E-state index in [1.807, 2.05) is 25.1 Å². The van der Waals surface area contributed by atoms with Crippen LogP contribution < -0.4 is 0 Å². The van der Waals surface area contributed by atoms with Gasteiger partial charge in [-0.1, -0.05) is 22.0 Å². The number of benzene rings is 1. The maximum Gasteiger partial charge on any atom is 0.227 e. The van der Waals surface area contributed by atoms with Gasteiger partial charge in [0, 0.05) is 17.6 Å². The average molecular weight is 312 g/mol. The highest BCUT2D eigenvalue weighted by atomic mass is 79.9. The molecule has 0 aromatic heterocycles. The minimum absolute atomic E-state index is 0.110. The lowest BCUT2D eigenvalue weighted by Gasteiger charge is -2.30. The molecule has 1 aliphatic heterocycles. The van der Waals surface area contributed by atoms with Gasteiger partial charge >= 0.3 is 0 Å². The van der Waals surface area contributed by atoms with Crippen LogP contribution in [0, 0.1) is 6.92 Å². The predicted molar refractivity (Wildman–Crippen MR) is 74.4 cm³/mol. The Bertz CT molecular complexity index is 447. The summed E-state index contributed by atoms with van der Waals surface area (Å²) in [6.07, 6.45) is 1.77. The molecule has 98 valence electrons. The number of halogens is 1. The molecule has 3 nitrogen and oxygen atoms in total. The van der Waals surface area contributed by atoms with Crippen LogP contribution in [-0.2, 0) is 11.2 Å². The van der Waals surface area contributed by atoms with Crippen molar-refractivity contribution in [3.8, 4) is 0 Å². The maximum atomic E-state index is 12.2. The van der Waals surface area contributed by atoms with E-state index < -0.39 is 0 Å². The van der Waals surface area contributed by atoms with Crippen molar-refractivity contribution in [3.05, 3.63) is 33.8 Å². The summed E-state index contributed by atoms with van der Waals surface area (Å²) in [6.45, 7) is 3.26. The number of aliphatic hydroxyl groups is 1. The quantitative estimate of drug-likeness (QED) is 0.910. The van der Waals surface area contributed by atoms with E-state index in [2.05, 4.69) is 15.9 Å². The van der Waals surface area contributed by atoms with Crippen LogP contribution in [-0.4, -0.2) is 35.1 Å². The lowest BCUT2D eigenvalue weighted by Crippen LogP contribution is -2.42. The van der Waals surface area contributed by atoms with Crippen LogP contribution in [0.25, 0.3) is 0 Å². The Balaban J connectivity index is 2.02. The van der Waals surface area contributed by atoms with Crippen molar-refractivity contribution in [2.24, 2.45) is 0 Å². The first-order valence-corrected chi connectivity index (χ1v) is 7.06. The SMILES string of the molecule is Cc1cc(Br)ccc1CC(=O)N1CCCC(O)C1. The number of hydrogen-bond acceptors (Lipinski definition) is 2. The summed E-state index contributed by atoms with van der Waals surface area (Å²) in [7, 11) is 0. The van der Waals surface area contributed by atoms with E-state index in [-0.39, 0.29) is 12.0 Å². The molecular weight excluding hydrogens is 294 g/mol. The topological polar surface area (TPSA) is 40.5 Å². The molecule has 1 heterocycles. The zero-order valence-electron chi connectivity index (χ0n) is 10.5. The fraction of sp³-hybridized carbons (Fsp3) is 0.500. The summed E-state index contributed by atoms with van der Waals surface area (Å²) in [5, 5.41) is 9.59. The van der Waals surface area contributed by atoms with Crippen LogP contribution in [0.3, 0.4) is 0 Å². The van der Waals surface area contributed by atoms with Crippen LogP contribution in [0.4, 0.5) is 0 Å². The van der Waals surface area contributed by atoms with Gasteiger partial charge in [0.1, 0.15) is 0 Å². The Morgan fingerprint density at radius 2 is 2.33 bits per heavy atom. The summed E-state index contributed by atoms with van der Waals surface area (Å²) in [5.74, 6) is 0.110. The Kier molecular flexibility index (Phi) is 4.40. The maximum absolute atomic E-state index is 12.2. The van der Waals surface area contributed by atoms with Crippen LogP contribution in [0.2, 0.25) is 0 Å². The van der Waals surface area contributed by atoms with Crippen molar-refractivity contribution in [2.45, 2.75) is 32.3 Å². The zero-order valence-corrected chi connectivity index (χ0v) is 12.1. The molecule has 1 aromatic carbocycles. The third kappa shape index (κ3) is 3.33. The number of hydrogen-bond donors (Lipinski definition) is 1. The largest absolute Gasteiger partial charge is 0.391 e. The number of aryl methyl sites for hydroxylation is 1. The second-order valence-corrected chi connectivity index (χ2v) is 5.80. The molecule has 4 heteroatoms. The van der Waals surface area contributed by atoms with Gasteiger partial charge in [-0.15, -0.1) is 0 Å². The van der Waals surface area contributed by atoms with Gasteiger partial charge in [0.05, 0.1) is 12.5 Å². The number of carbonyl (C=O) groups excluding carboxylic acids is 1. The number of piperidine rings is 1. The van der Waals surface area contributed by atoms with Crippen LogP contribution in [0.5, 0.6) is 0 Å². The third-order valence-corrected chi connectivity index (χ3v) is 3.89. The Morgan fingerprint density at radius 3 is 3.00 bits per heavy atom. The number of likely N-dealkylation sites (tertiary alicyclic amines) is 1. The number of nitrogens with zero attached hydrogens (tertiary/aromatic N) is 1. The number of carbonyl (C=O) groups is 1. The van der Waals surface area contributed by atoms with Crippen molar-refractivity contribution in [1.82, 2.24) is 4.90 Å². The molecule has 0 saturated carbocycles. The molecule has 1 saturated heterocycles. The lowest BCUT2D eigenvalue weighted by atomic mass is 10.0. The number of amides is 1. The highest BCUT2D eigenvalue weighted by molar-refractivity contribution is 9.10. The van der Waals surface area contributed by atoms with Gasteiger partial charge in [-0.05, 0) is 43.0 Å². The van der Waals surface area contributed by atoms with Gasteiger partial charge in [-0.25, -0.2) is 0 Å². The van der Waals surface area contributed by atoms with Crippen LogP contribution in [0.1, 0.15) is 24.0 Å². The lowest BCUT2D eigenvalue weighted by molar-refractivity contribution is -0.133. The van der Waals surface area contributed by atoms with E-state index in [9.17, 15) is 9.90 Å². The van der Waals surface area contributed by atoms with E-state index in [1.165, 1.54) is 0 Å². The normalized spacial score (nSPS) is 19.9. The van der Waals surface area contributed by atoms with E-state index in [1.54, 1.807) is 4.90 Å². The van der Waals surface area contributed by atoms with Crippen molar-refractivity contribution in [3.63, 3.8) is 0 Å². The Labute approximate surface area is 116 Å². The number of rotatable bonds is 2. The molecule has 1 aromatic rings. The molecule has 0 bridgehead atoms. The molecule has 1 atom stereocenters. The standard InChI is InChI=1S/C14H18BrNO2/c1-10-7-12(15)5-4-11(10)8-14(18)16-6-2-3-13(17)9-16/h4-5,7,13,17H,2-3,6,8-9H2,1H3. The molecule has 1 aliphatic rings. The van der Waals surface area contributed by atoms with E-state index >= 15 is 0 Å². The second kappa shape index (κ2) is 5.85. The summed E-state index contributed by atoms with van der Waals surface area (Å²) < 4.78 is 1.03. The van der Waals surface area contributed by atoms with E-state index in [4.69, 9.17) is 0 Å². The Hall–Kier alpha value is -0.870. The minimum atomic E-state index is -0.353. The summed E-state index contributed by atoms with van der Waals surface area (Å²) in [5.41, 5.74) is 2.18. The second-order valence-electron chi connectivity index (χ2n) is 4.88. The molecule has 0 aliphatic carbocycles. The van der Waals surface area contributed by atoms with Gasteiger partial charge in [-0.2, -0.15) is 0 Å². The molecule has 1 N–H and O–H groups in total. The molecule has 18 heavy (non-hydrogen) atoms. The van der Waals surface area contributed by atoms with Crippen LogP contribution >= 0.6 is 15.9 Å². The summed E-state index contributed by atoms with van der Waals surface area (Å²) in [6, 6.07) is 5.96. The Morgan fingerprint density at radius 1 is 1.56 bits per heavy atom. The van der Waals surface area contributed by atoms with Gasteiger partial charge in [0.25, 0.3) is 0 Å². The van der Waals surface area contributed by atoms with Gasteiger partial charge in [0.2, 0.25) is 5.91 Å². The van der Waals surface area contributed by atoms with Crippen molar-refractivity contribution in [2.75, 3.05) is 13.1 Å². The zero-order chi connectivity index (χ0) is 13.1. The van der Waals surface area contributed by atoms with E-state index in [0.717, 1.165) is 35.0 Å². The fourth-order valence-corrected chi connectivity index (χ4v) is 2.79. The first-order valence-electron chi connectivity index (χ1n) is 6.27. The average Bonchev–Trinajstić information content (AvgIpc) is 2.32. The molecule has 1 amide bonds. The number of aliphatic hydroxyl groups excluding tert-OH is 1. The van der Waals surface area contributed by atoms with Gasteiger partial charge in [-0.3, -0.25) is 4.79 Å². The van der Waals surface area contributed by atoms with Crippen molar-refractivity contribution < 1.29 is 9.90 Å². The minimum Gasteiger partial charge on any atom is -0.391 e. The van der Waals surface area contributed by atoms with E-state index in [0.29, 0.717) is 13.0 Å². The third-order valence-electron chi connectivity index (χ3n) is 3.40. The van der Waals surface area contributed by atoms with Crippen molar-refractivity contribution in [1.29, 1.82) is 0 Å². The monoisotopic (exact) mass is 311 g/mol. The smallest absolute Gasteiger partial charge is 0.227 e. The molecule has 0 spiro atoms. The molecule has 1 unspecified atom stereocenters. The van der Waals surface area contributed by atoms with Crippen molar-refractivity contribution >= 4 is 21.8 Å². The first kappa shape index (κ1) is 13.6. The fourth-order valence-electron chi connectivity index (χ4n) is 2.31. The molecule has 0 radical (unpaired) electrons. The van der Waals surface area contributed by atoms with Gasteiger partial charge in [0.15, 0.2) is 0 Å². The molecular formula is C14H18BrNO2. The number of β-amino-alcohol motifs (C(OH)–C–C–N with tert-alkyl or cyclic N) is 1. The molecule has 2 rings (SSSR count). The molecule has 1 fully saturated rings. The predicted octanol–water partition coefficient (Wildman–Crippen LogP) is 2.28. The highest BCUT2D eigenvalue weighted by Crippen LogP contribution is 2.18. The summed E-state index contributed by atoms with van der Waals surface area (Å²) in [4.78, 5) is 13.9.